The zero-order chi connectivity index (χ0) is 14.4. The number of nitrogens with one attached hydrogen (secondary N) is 1. The number of halogens is 1. The molecule has 0 fully saturated rings. The molecule has 2 N–H and O–H groups in total. The molecule has 1 aromatic carbocycles. The minimum absolute atomic E-state index is 0.0949. The van der Waals surface area contributed by atoms with Crippen LogP contribution in [0.15, 0.2) is 18.2 Å². The lowest BCUT2D eigenvalue weighted by atomic mass is 10.0. The predicted molar refractivity (Wildman–Crippen MR) is 75.7 cm³/mol. The summed E-state index contributed by atoms with van der Waals surface area (Å²) >= 11 is 5.73. The van der Waals surface area contributed by atoms with E-state index >= 15 is 0 Å². The summed E-state index contributed by atoms with van der Waals surface area (Å²) < 4.78 is 5.34. The highest BCUT2D eigenvalue weighted by molar-refractivity contribution is 6.30. The van der Waals surface area contributed by atoms with Crippen LogP contribution in [0.1, 0.15) is 31.1 Å². The maximum atomic E-state index is 12.1. The third-order valence-corrected chi connectivity index (χ3v) is 3.06. The second kappa shape index (κ2) is 7.36. The van der Waals surface area contributed by atoms with Crippen LogP contribution in [0.5, 0.6) is 5.75 Å². The van der Waals surface area contributed by atoms with Gasteiger partial charge in [0.1, 0.15) is 5.75 Å². The molecule has 0 aliphatic carbocycles. The third kappa shape index (κ3) is 4.73. The van der Waals surface area contributed by atoms with Crippen molar-refractivity contribution < 1.29 is 14.6 Å². The number of phenolic OH excluding ortho intramolecular Hbond substituents is 1. The van der Waals surface area contributed by atoms with E-state index in [4.69, 9.17) is 16.3 Å². The molecule has 0 aliphatic rings. The smallest absolute Gasteiger partial charge is 0.255 e. The third-order valence-electron chi connectivity index (χ3n) is 2.83. The fourth-order valence-electron chi connectivity index (χ4n) is 1.59. The van der Waals surface area contributed by atoms with Crippen LogP contribution in [0.2, 0.25) is 5.02 Å². The van der Waals surface area contributed by atoms with Gasteiger partial charge in [0, 0.05) is 11.6 Å². The molecule has 0 heterocycles. The van der Waals surface area contributed by atoms with Crippen LogP contribution in [0.3, 0.4) is 0 Å². The molecule has 0 spiro atoms. The van der Waals surface area contributed by atoms with Crippen LogP contribution < -0.4 is 5.32 Å². The van der Waals surface area contributed by atoms with E-state index in [2.05, 4.69) is 5.32 Å². The summed E-state index contributed by atoms with van der Waals surface area (Å²) in [5.41, 5.74) is 0.214. The highest BCUT2D eigenvalue weighted by Crippen LogP contribution is 2.22. The van der Waals surface area contributed by atoms with Gasteiger partial charge in [0.15, 0.2) is 0 Å². The van der Waals surface area contributed by atoms with Gasteiger partial charge >= 0.3 is 0 Å². The van der Waals surface area contributed by atoms with E-state index in [1.165, 1.54) is 12.1 Å². The first-order valence-electron chi connectivity index (χ1n) is 6.32. The van der Waals surface area contributed by atoms with E-state index in [1.54, 1.807) is 6.07 Å². The van der Waals surface area contributed by atoms with Gasteiger partial charge < -0.3 is 15.2 Å². The molecule has 1 unspecified atom stereocenters. The summed E-state index contributed by atoms with van der Waals surface area (Å²) in [6.45, 7) is 6.97. The molecule has 0 bridgehead atoms. The van der Waals surface area contributed by atoms with E-state index < -0.39 is 0 Å². The molecular weight excluding hydrogens is 266 g/mol. The van der Waals surface area contributed by atoms with E-state index in [1.807, 2.05) is 20.8 Å². The summed E-state index contributed by atoms with van der Waals surface area (Å²) in [5, 5.41) is 13.0. The molecule has 1 atom stereocenters. The first-order chi connectivity index (χ1) is 8.95. The Hall–Kier alpha value is -1.26. The number of carbonyl (C=O) groups excluding carboxylic acids is 1. The Balaban J connectivity index is 2.76. The quantitative estimate of drug-likeness (QED) is 0.845. The van der Waals surface area contributed by atoms with Crippen molar-refractivity contribution in [2.45, 2.75) is 26.8 Å². The van der Waals surface area contributed by atoms with Crippen molar-refractivity contribution in [2.24, 2.45) is 5.92 Å². The van der Waals surface area contributed by atoms with Gasteiger partial charge in [-0.25, -0.2) is 0 Å². The number of carbonyl (C=O) groups is 1. The maximum absolute atomic E-state index is 12.1. The molecule has 0 saturated heterocycles. The SMILES string of the molecule is CCOCC(NC(=O)c1ccc(Cl)cc1O)C(C)C. The number of aromatic hydroxyl groups is 1. The number of benzene rings is 1. The van der Waals surface area contributed by atoms with E-state index in [0.29, 0.717) is 18.2 Å². The zero-order valence-corrected chi connectivity index (χ0v) is 12.2. The van der Waals surface area contributed by atoms with Crippen LogP contribution >= 0.6 is 11.6 Å². The lowest BCUT2D eigenvalue weighted by molar-refractivity contribution is 0.0804. The van der Waals surface area contributed by atoms with Crippen molar-refractivity contribution in [2.75, 3.05) is 13.2 Å². The molecule has 1 amide bonds. The van der Waals surface area contributed by atoms with E-state index in [-0.39, 0.29) is 29.2 Å². The standard InChI is InChI=1S/C14H20ClNO3/c1-4-19-8-12(9(2)3)16-14(18)11-6-5-10(15)7-13(11)17/h5-7,9,12,17H,4,8H2,1-3H3,(H,16,18). The summed E-state index contributed by atoms with van der Waals surface area (Å²) in [6.07, 6.45) is 0. The number of phenols is 1. The first kappa shape index (κ1) is 15.8. The molecule has 0 aromatic heterocycles. The predicted octanol–water partition coefficient (Wildman–Crippen LogP) is 2.84. The Kier molecular flexibility index (Phi) is 6.12. The topological polar surface area (TPSA) is 58.6 Å². The molecule has 5 heteroatoms. The summed E-state index contributed by atoms with van der Waals surface area (Å²) in [4.78, 5) is 12.1. The number of ether oxygens (including phenoxy) is 1. The van der Waals surface area contributed by atoms with Gasteiger partial charge in [0.05, 0.1) is 18.2 Å². The Morgan fingerprint density at radius 2 is 2.16 bits per heavy atom. The van der Waals surface area contributed by atoms with Crippen molar-refractivity contribution >= 4 is 17.5 Å². The lowest BCUT2D eigenvalue weighted by Gasteiger charge is -2.22. The van der Waals surface area contributed by atoms with Gasteiger partial charge in [-0.2, -0.15) is 0 Å². The van der Waals surface area contributed by atoms with Gasteiger partial charge in [-0.1, -0.05) is 25.4 Å². The number of rotatable bonds is 6. The average Bonchev–Trinajstić information content (AvgIpc) is 2.33. The molecule has 0 aliphatic heterocycles. The number of hydrogen-bond donors (Lipinski definition) is 2. The molecule has 1 rings (SSSR count). The summed E-state index contributed by atoms with van der Waals surface area (Å²) in [5.74, 6) is -0.207. The Morgan fingerprint density at radius 1 is 1.47 bits per heavy atom. The molecule has 0 radical (unpaired) electrons. The first-order valence-corrected chi connectivity index (χ1v) is 6.70. The van der Waals surface area contributed by atoms with Gasteiger partial charge in [0.25, 0.3) is 5.91 Å². The number of amides is 1. The van der Waals surface area contributed by atoms with E-state index in [9.17, 15) is 9.90 Å². The van der Waals surface area contributed by atoms with E-state index in [0.717, 1.165) is 0 Å². The van der Waals surface area contributed by atoms with Crippen LogP contribution in [0.25, 0.3) is 0 Å². The van der Waals surface area contributed by atoms with Gasteiger partial charge in [-0.15, -0.1) is 0 Å². The highest BCUT2D eigenvalue weighted by atomic mass is 35.5. The Labute approximate surface area is 118 Å². The molecule has 4 nitrogen and oxygen atoms in total. The fourth-order valence-corrected chi connectivity index (χ4v) is 1.75. The Morgan fingerprint density at radius 3 is 2.68 bits per heavy atom. The molecule has 19 heavy (non-hydrogen) atoms. The second-order valence-corrected chi connectivity index (χ2v) is 5.08. The van der Waals surface area contributed by atoms with Crippen molar-refractivity contribution in [3.63, 3.8) is 0 Å². The van der Waals surface area contributed by atoms with Crippen molar-refractivity contribution in [3.05, 3.63) is 28.8 Å². The molecular formula is C14H20ClNO3. The maximum Gasteiger partial charge on any atom is 0.255 e. The highest BCUT2D eigenvalue weighted by Gasteiger charge is 2.19. The minimum Gasteiger partial charge on any atom is -0.507 e. The van der Waals surface area contributed by atoms with Crippen LogP contribution in [0, 0.1) is 5.92 Å². The van der Waals surface area contributed by atoms with Crippen molar-refractivity contribution in [1.29, 1.82) is 0 Å². The fraction of sp³-hybridized carbons (Fsp3) is 0.500. The van der Waals surface area contributed by atoms with Crippen molar-refractivity contribution in [3.8, 4) is 5.75 Å². The minimum atomic E-state index is -0.326. The van der Waals surface area contributed by atoms with Crippen LogP contribution in [-0.2, 0) is 4.74 Å². The van der Waals surface area contributed by atoms with Crippen LogP contribution in [0.4, 0.5) is 0 Å². The molecule has 0 saturated carbocycles. The van der Waals surface area contributed by atoms with Gasteiger partial charge in [-0.3, -0.25) is 4.79 Å². The van der Waals surface area contributed by atoms with Crippen molar-refractivity contribution in [1.82, 2.24) is 5.32 Å². The van der Waals surface area contributed by atoms with Gasteiger partial charge in [0.2, 0.25) is 0 Å². The van der Waals surface area contributed by atoms with Crippen LogP contribution in [-0.4, -0.2) is 30.3 Å². The summed E-state index contributed by atoms with van der Waals surface area (Å²) in [6, 6.07) is 4.33. The number of hydrogen-bond acceptors (Lipinski definition) is 3. The summed E-state index contributed by atoms with van der Waals surface area (Å²) in [7, 11) is 0. The molecule has 1 aromatic rings. The van der Waals surface area contributed by atoms with Gasteiger partial charge in [-0.05, 0) is 31.0 Å². The monoisotopic (exact) mass is 285 g/mol. The zero-order valence-electron chi connectivity index (χ0n) is 11.4. The average molecular weight is 286 g/mol. The Bertz CT molecular complexity index is 435. The largest absolute Gasteiger partial charge is 0.507 e. The lowest BCUT2D eigenvalue weighted by Crippen LogP contribution is -2.41. The normalized spacial score (nSPS) is 12.5. The molecule has 106 valence electrons. The second-order valence-electron chi connectivity index (χ2n) is 4.64.